The largest absolute Gasteiger partial charge is 0.497 e. The number of nitrogens with zero attached hydrogens (tertiary/aromatic N) is 1. The topological polar surface area (TPSA) is 47.3 Å². The zero-order chi connectivity index (χ0) is 10.8. The van der Waals surface area contributed by atoms with Gasteiger partial charge in [0.05, 0.1) is 13.2 Å². The first-order chi connectivity index (χ1) is 7.26. The first kappa shape index (κ1) is 9.98. The lowest BCUT2D eigenvalue weighted by molar-refractivity contribution is 0.360. The van der Waals surface area contributed by atoms with Gasteiger partial charge in [-0.3, -0.25) is 0 Å². The van der Waals surface area contributed by atoms with E-state index in [1.165, 1.54) is 0 Å². The van der Waals surface area contributed by atoms with Gasteiger partial charge >= 0.3 is 0 Å². The first-order valence-electron chi connectivity index (χ1n) is 4.87. The number of benzene rings is 1. The van der Waals surface area contributed by atoms with E-state index in [4.69, 9.17) is 9.26 Å². The van der Waals surface area contributed by atoms with Crippen LogP contribution in [0.25, 0.3) is 10.9 Å². The molecule has 1 aromatic carbocycles. The van der Waals surface area contributed by atoms with Crippen LogP contribution in [0.4, 0.5) is 0 Å². The van der Waals surface area contributed by atoms with Crippen LogP contribution >= 0.6 is 0 Å². The summed E-state index contributed by atoms with van der Waals surface area (Å²) in [5, 5.41) is 8.15. The second-order valence-corrected chi connectivity index (χ2v) is 3.44. The van der Waals surface area contributed by atoms with Crippen LogP contribution in [0, 0.1) is 0 Å². The van der Waals surface area contributed by atoms with Gasteiger partial charge in [0.1, 0.15) is 11.3 Å². The van der Waals surface area contributed by atoms with E-state index in [9.17, 15) is 0 Å². The van der Waals surface area contributed by atoms with E-state index in [0.29, 0.717) is 0 Å². The van der Waals surface area contributed by atoms with Crippen molar-refractivity contribution < 1.29 is 9.26 Å². The van der Waals surface area contributed by atoms with Crippen LogP contribution in [0.3, 0.4) is 0 Å². The molecule has 4 nitrogen and oxygen atoms in total. The number of hydrogen-bond acceptors (Lipinski definition) is 4. The molecule has 0 fully saturated rings. The minimum absolute atomic E-state index is 0.156. The van der Waals surface area contributed by atoms with Crippen molar-refractivity contribution >= 4 is 10.9 Å². The molecule has 1 N–H and O–H groups in total. The Morgan fingerprint density at radius 2 is 2.27 bits per heavy atom. The monoisotopic (exact) mass is 206 g/mol. The highest BCUT2D eigenvalue weighted by atomic mass is 16.5. The van der Waals surface area contributed by atoms with Gasteiger partial charge in [-0.2, -0.15) is 0 Å². The van der Waals surface area contributed by atoms with Crippen LogP contribution < -0.4 is 10.1 Å². The number of aromatic nitrogens is 1. The van der Waals surface area contributed by atoms with Crippen molar-refractivity contribution in [3.8, 4) is 5.75 Å². The Balaban J connectivity index is 2.52. The van der Waals surface area contributed by atoms with Gasteiger partial charge in [-0.1, -0.05) is 5.16 Å². The highest BCUT2D eigenvalue weighted by molar-refractivity contribution is 5.82. The third-order valence-electron chi connectivity index (χ3n) is 2.54. The minimum Gasteiger partial charge on any atom is -0.497 e. The second kappa shape index (κ2) is 3.90. The quantitative estimate of drug-likeness (QED) is 0.835. The summed E-state index contributed by atoms with van der Waals surface area (Å²) in [6.07, 6.45) is 0. The fraction of sp³-hybridized carbons (Fsp3) is 0.364. The minimum atomic E-state index is 0.156. The van der Waals surface area contributed by atoms with Crippen LogP contribution in [0.5, 0.6) is 5.75 Å². The Morgan fingerprint density at radius 1 is 1.47 bits per heavy atom. The molecule has 0 aliphatic rings. The third kappa shape index (κ3) is 1.68. The maximum Gasteiger partial charge on any atom is 0.161 e. The molecule has 0 aliphatic heterocycles. The van der Waals surface area contributed by atoms with E-state index in [1.54, 1.807) is 7.11 Å². The van der Waals surface area contributed by atoms with E-state index in [1.807, 2.05) is 32.2 Å². The van der Waals surface area contributed by atoms with Gasteiger partial charge in [-0.15, -0.1) is 0 Å². The highest BCUT2D eigenvalue weighted by Gasteiger charge is 2.13. The van der Waals surface area contributed by atoms with Crippen molar-refractivity contribution in [1.82, 2.24) is 10.5 Å². The van der Waals surface area contributed by atoms with Gasteiger partial charge < -0.3 is 14.6 Å². The summed E-state index contributed by atoms with van der Waals surface area (Å²) in [4.78, 5) is 0. The summed E-state index contributed by atoms with van der Waals surface area (Å²) in [7, 11) is 3.53. The fourth-order valence-corrected chi connectivity index (χ4v) is 1.51. The molecular weight excluding hydrogens is 192 g/mol. The molecule has 0 spiro atoms. The lowest BCUT2D eigenvalue weighted by Gasteiger charge is -2.05. The summed E-state index contributed by atoms with van der Waals surface area (Å²) < 4.78 is 10.4. The molecule has 4 heteroatoms. The maximum absolute atomic E-state index is 5.30. The van der Waals surface area contributed by atoms with Gasteiger partial charge in [0.2, 0.25) is 0 Å². The molecular formula is C11H14N2O2. The van der Waals surface area contributed by atoms with Crippen LogP contribution in [-0.4, -0.2) is 19.3 Å². The number of ether oxygens (including phenoxy) is 1. The van der Waals surface area contributed by atoms with E-state index in [0.717, 1.165) is 22.4 Å². The molecule has 0 amide bonds. The summed E-state index contributed by atoms with van der Waals surface area (Å²) in [6, 6.07) is 5.90. The number of nitrogens with one attached hydrogen (secondary N) is 1. The maximum atomic E-state index is 5.30. The molecule has 1 heterocycles. The van der Waals surface area contributed by atoms with Crippen LogP contribution in [-0.2, 0) is 0 Å². The predicted octanol–water partition coefficient (Wildman–Crippen LogP) is 2.12. The molecule has 0 saturated carbocycles. The molecule has 1 unspecified atom stereocenters. The summed E-state index contributed by atoms with van der Waals surface area (Å²) in [6.45, 7) is 2.03. The van der Waals surface area contributed by atoms with Crippen LogP contribution in [0.1, 0.15) is 18.7 Å². The van der Waals surface area contributed by atoms with E-state index in [-0.39, 0.29) is 6.04 Å². The second-order valence-electron chi connectivity index (χ2n) is 3.44. The fourth-order valence-electron chi connectivity index (χ4n) is 1.51. The van der Waals surface area contributed by atoms with E-state index >= 15 is 0 Å². The molecule has 2 aromatic rings. The Morgan fingerprint density at radius 3 is 2.93 bits per heavy atom. The highest BCUT2D eigenvalue weighted by Crippen LogP contribution is 2.26. The Kier molecular flexibility index (Phi) is 2.60. The zero-order valence-corrected chi connectivity index (χ0v) is 9.07. The molecule has 0 saturated heterocycles. The van der Waals surface area contributed by atoms with Gasteiger partial charge in [-0.05, 0) is 26.1 Å². The average Bonchev–Trinajstić information content (AvgIpc) is 2.70. The molecule has 0 aliphatic carbocycles. The van der Waals surface area contributed by atoms with E-state index < -0.39 is 0 Å². The number of hydrogen-bond donors (Lipinski definition) is 1. The van der Waals surface area contributed by atoms with Crippen molar-refractivity contribution in [2.75, 3.05) is 14.2 Å². The van der Waals surface area contributed by atoms with Crippen LogP contribution in [0.15, 0.2) is 22.7 Å². The van der Waals surface area contributed by atoms with Crippen molar-refractivity contribution in [2.24, 2.45) is 0 Å². The molecule has 0 bridgehead atoms. The SMILES string of the molecule is CNC(C)c1onc2cc(OC)ccc12. The molecule has 0 radical (unpaired) electrons. The van der Waals surface area contributed by atoms with Crippen molar-refractivity contribution in [3.05, 3.63) is 24.0 Å². The van der Waals surface area contributed by atoms with Gasteiger partial charge in [-0.25, -0.2) is 0 Å². The van der Waals surface area contributed by atoms with E-state index in [2.05, 4.69) is 10.5 Å². The molecule has 1 atom stereocenters. The van der Waals surface area contributed by atoms with Gasteiger partial charge in [0.25, 0.3) is 0 Å². The van der Waals surface area contributed by atoms with Crippen molar-refractivity contribution in [1.29, 1.82) is 0 Å². The number of methoxy groups -OCH3 is 1. The molecule has 80 valence electrons. The Labute approximate surface area is 88.2 Å². The number of rotatable bonds is 3. The third-order valence-corrected chi connectivity index (χ3v) is 2.54. The average molecular weight is 206 g/mol. The summed E-state index contributed by atoms with van der Waals surface area (Å²) in [5.41, 5.74) is 0.825. The smallest absolute Gasteiger partial charge is 0.161 e. The predicted molar refractivity (Wildman–Crippen MR) is 58.0 cm³/mol. The summed E-state index contributed by atoms with van der Waals surface area (Å²) in [5.74, 6) is 1.65. The van der Waals surface area contributed by atoms with Gasteiger partial charge in [0, 0.05) is 11.5 Å². The molecule has 2 rings (SSSR count). The standard InChI is InChI=1S/C11H14N2O2/c1-7(12-2)11-9-5-4-8(14-3)6-10(9)13-15-11/h4-7,12H,1-3H3. The zero-order valence-electron chi connectivity index (χ0n) is 9.07. The van der Waals surface area contributed by atoms with Crippen LogP contribution in [0.2, 0.25) is 0 Å². The summed E-state index contributed by atoms with van der Waals surface area (Å²) >= 11 is 0. The lowest BCUT2D eigenvalue weighted by atomic mass is 10.1. The number of fused-ring (bicyclic) bond motifs is 1. The first-order valence-corrected chi connectivity index (χ1v) is 4.87. The molecule has 15 heavy (non-hydrogen) atoms. The van der Waals surface area contributed by atoms with Crippen molar-refractivity contribution in [2.45, 2.75) is 13.0 Å². The lowest BCUT2D eigenvalue weighted by Crippen LogP contribution is -2.11. The van der Waals surface area contributed by atoms with Crippen molar-refractivity contribution in [3.63, 3.8) is 0 Å². The Bertz CT molecular complexity index is 465. The molecule has 1 aromatic heterocycles. The van der Waals surface area contributed by atoms with Gasteiger partial charge in [0.15, 0.2) is 5.76 Å². The Hall–Kier alpha value is -1.55. The normalized spacial score (nSPS) is 13.0.